The number of ether oxygens (including phenoxy) is 1. The van der Waals surface area contributed by atoms with E-state index in [0.717, 1.165) is 15.3 Å². The molecule has 2 aromatic rings. The number of hydrogen-bond acceptors (Lipinski definition) is 5. The molecule has 24 heavy (non-hydrogen) atoms. The highest BCUT2D eigenvalue weighted by Crippen LogP contribution is 2.34. The summed E-state index contributed by atoms with van der Waals surface area (Å²) in [4.78, 5) is 26.9. The van der Waals surface area contributed by atoms with Crippen molar-refractivity contribution in [2.75, 3.05) is 18.2 Å². The molecule has 0 spiro atoms. The second kappa shape index (κ2) is 8.35. The van der Waals surface area contributed by atoms with Gasteiger partial charge in [-0.15, -0.1) is 23.1 Å². The molecule has 128 valence electrons. The number of nitrogens with one attached hydrogen (secondary N) is 1. The normalized spacial score (nSPS) is 10.5. The van der Waals surface area contributed by atoms with E-state index in [-0.39, 0.29) is 11.9 Å². The fourth-order valence-corrected chi connectivity index (χ4v) is 4.24. The van der Waals surface area contributed by atoms with Gasteiger partial charge in [0.1, 0.15) is 5.00 Å². The van der Waals surface area contributed by atoms with Crippen molar-refractivity contribution in [3.63, 3.8) is 0 Å². The molecule has 1 N–H and O–H groups in total. The van der Waals surface area contributed by atoms with Crippen molar-refractivity contribution < 1.29 is 14.3 Å². The van der Waals surface area contributed by atoms with Crippen LogP contribution in [0.1, 0.15) is 45.0 Å². The molecule has 2 rings (SSSR count). The number of amides is 1. The average Bonchev–Trinajstić information content (AvgIpc) is 2.90. The largest absolute Gasteiger partial charge is 0.462 e. The maximum Gasteiger partial charge on any atom is 0.341 e. The fraction of sp³-hybridized carbons (Fsp3) is 0.333. The molecule has 0 fully saturated rings. The third kappa shape index (κ3) is 3.82. The molecule has 0 aliphatic heterocycles. The van der Waals surface area contributed by atoms with Crippen molar-refractivity contribution in [3.05, 3.63) is 45.8 Å². The van der Waals surface area contributed by atoms with E-state index in [0.29, 0.717) is 29.2 Å². The summed E-state index contributed by atoms with van der Waals surface area (Å²) in [6, 6.07) is 7.42. The van der Waals surface area contributed by atoms with Crippen LogP contribution in [-0.4, -0.2) is 24.7 Å². The number of thioether (sulfide) groups is 1. The monoisotopic (exact) mass is 363 g/mol. The van der Waals surface area contributed by atoms with Crippen LogP contribution < -0.4 is 5.32 Å². The van der Waals surface area contributed by atoms with E-state index in [1.807, 2.05) is 38.3 Å². The number of aryl methyl sites for hydroxylation is 1. The lowest BCUT2D eigenvalue weighted by Crippen LogP contribution is -2.15. The smallest absolute Gasteiger partial charge is 0.341 e. The number of carbonyl (C=O) groups excluding carboxylic acids is 2. The topological polar surface area (TPSA) is 55.4 Å². The minimum Gasteiger partial charge on any atom is -0.462 e. The molecule has 1 aromatic heterocycles. The zero-order valence-corrected chi connectivity index (χ0v) is 15.9. The molecule has 0 bridgehead atoms. The molecule has 0 saturated carbocycles. The molecule has 0 saturated heterocycles. The second-order valence-corrected chi connectivity index (χ2v) is 7.14. The Kier molecular flexibility index (Phi) is 6.45. The lowest BCUT2D eigenvalue weighted by molar-refractivity contribution is 0.0527. The van der Waals surface area contributed by atoms with Crippen LogP contribution in [-0.2, 0) is 11.2 Å². The highest BCUT2D eigenvalue weighted by Gasteiger charge is 2.24. The molecule has 0 radical (unpaired) electrons. The summed E-state index contributed by atoms with van der Waals surface area (Å²) in [5, 5.41) is 3.46. The van der Waals surface area contributed by atoms with E-state index >= 15 is 0 Å². The number of esters is 1. The third-order valence-electron chi connectivity index (χ3n) is 3.62. The Hall–Kier alpha value is -1.79. The summed E-state index contributed by atoms with van der Waals surface area (Å²) < 4.78 is 5.17. The molecule has 1 aromatic carbocycles. The van der Waals surface area contributed by atoms with Gasteiger partial charge in [0.05, 0.1) is 17.7 Å². The standard InChI is InChI=1S/C18H21NO3S2/c1-5-12-11(3)24-17(15(12)18(21)22-6-2)19-16(20)13-9-7-8-10-14(13)23-4/h7-10H,5-6H2,1-4H3,(H,19,20). The van der Waals surface area contributed by atoms with E-state index in [9.17, 15) is 9.59 Å². The second-order valence-electron chi connectivity index (χ2n) is 5.07. The Morgan fingerprint density at radius 3 is 2.58 bits per heavy atom. The van der Waals surface area contributed by atoms with Crippen LogP contribution in [0, 0.1) is 6.92 Å². The first kappa shape index (κ1) is 18.5. The van der Waals surface area contributed by atoms with Crippen LogP contribution >= 0.6 is 23.1 Å². The minimum atomic E-state index is -0.382. The van der Waals surface area contributed by atoms with Gasteiger partial charge in [-0.1, -0.05) is 19.1 Å². The van der Waals surface area contributed by atoms with E-state index in [1.54, 1.807) is 13.0 Å². The summed E-state index contributed by atoms with van der Waals surface area (Å²) in [6.45, 7) is 6.03. The summed E-state index contributed by atoms with van der Waals surface area (Å²) in [6.07, 6.45) is 2.65. The Morgan fingerprint density at radius 2 is 1.96 bits per heavy atom. The van der Waals surface area contributed by atoms with Gasteiger partial charge in [0.15, 0.2) is 0 Å². The molecule has 1 heterocycles. The van der Waals surface area contributed by atoms with E-state index in [2.05, 4.69) is 5.32 Å². The number of rotatable bonds is 6. The van der Waals surface area contributed by atoms with Gasteiger partial charge in [0.25, 0.3) is 5.91 Å². The lowest BCUT2D eigenvalue weighted by Gasteiger charge is -2.10. The molecular weight excluding hydrogens is 342 g/mol. The van der Waals surface area contributed by atoms with E-state index in [4.69, 9.17) is 4.74 Å². The quantitative estimate of drug-likeness (QED) is 0.593. The first-order valence-electron chi connectivity index (χ1n) is 7.77. The molecule has 6 heteroatoms. The Balaban J connectivity index is 2.39. The van der Waals surface area contributed by atoms with Gasteiger partial charge in [0.2, 0.25) is 0 Å². The zero-order chi connectivity index (χ0) is 17.7. The van der Waals surface area contributed by atoms with Crippen molar-refractivity contribution in [2.24, 2.45) is 0 Å². The van der Waals surface area contributed by atoms with E-state index < -0.39 is 0 Å². The number of hydrogen-bond donors (Lipinski definition) is 1. The maximum atomic E-state index is 12.7. The van der Waals surface area contributed by atoms with Crippen LogP contribution in [0.5, 0.6) is 0 Å². The SMILES string of the molecule is CCOC(=O)c1c(NC(=O)c2ccccc2SC)sc(C)c1CC. The van der Waals surface area contributed by atoms with Crippen LogP contribution in [0.25, 0.3) is 0 Å². The van der Waals surface area contributed by atoms with Crippen molar-refractivity contribution >= 4 is 40.0 Å². The number of carbonyl (C=O) groups is 2. The number of benzene rings is 1. The summed E-state index contributed by atoms with van der Waals surface area (Å²) in [7, 11) is 0. The number of thiophene rings is 1. The molecule has 0 aliphatic rings. The van der Waals surface area contributed by atoms with Gasteiger partial charge in [-0.25, -0.2) is 4.79 Å². The van der Waals surface area contributed by atoms with Crippen LogP contribution in [0.3, 0.4) is 0 Å². The summed E-state index contributed by atoms with van der Waals surface area (Å²) >= 11 is 2.93. The molecule has 0 atom stereocenters. The Morgan fingerprint density at radius 1 is 1.25 bits per heavy atom. The van der Waals surface area contributed by atoms with Gasteiger partial charge in [-0.05, 0) is 44.2 Å². The zero-order valence-electron chi connectivity index (χ0n) is 14.3. The Labute approximate surface area is 150 Å². The van der Waals surface area contributed by atoms with Gasteiger partial charge in [-0.2, -0.15) is 0 Å². The molecule has 1 amide bonds. The minimum absolute atomic E-state index is 0.214. The third-order valence-corrected chi connectivity index (χ3v) is 5.48. The highest BCUT2D eigenvalue weighted by atomic mass is 32.2. The molecule has 0 unspecified atom stereocenters. The van der Waals surface area contributed by atoms with Crippen LogP contribution in [0.2, 0.25) is 0 Å². The van der Waals surface area contributed by atoms with Gasteiger partial charge < -0.3 is 10.1 Å². The Bertz CT molecular complexity index is 753. The summed E-state index contributed by atoms with van der Waals surface area (Å²) in [5.74, 6) is -0.596. The van der Waals surface area contributed by atoms with Crippen molar-refractivity contribution in [1.82, 2.24) is 0 Å². The predicted octanol–water partition coefficient (Wildman–Crippen LogP) is 4.77. The molecular formula is C18H21NO3S2. The van der Waals surface area contributed by atoms with E-state index in [1.165, 1.54) is 23.1 Å². The maximum absolute atomic E-state index is 12.7. The van der Waals surface area contributed by atoms with Crippen LogP contribution in [0.4, 0.5) is 5.00 Å². The first-order valence-corrected chi connectivity index (χ1v) is 9.81. The fourth-order valence-electron chi connectivity index (χ4n) is 2.51. The van der Waals surface area contributed by atoms with Gasteiger partial charge in [0, 0.05) is 9.77 Å². The van der Waals surface area contributed by atoms with Gasteiger partial charge in [-0.3, -0.25) is 4.79 Å². The average molecular weight is 364 g/mol. The first-order chi connectivity index (χ1) is 11.5. The van der Waals surface area contributed by atoms with Crippen LogP contribution in [0.15, 0.2) is 29.2 Å². The lowest BCUT2D eigenvalue weighted by atomic mass is 10.1. The highest BCUT2D eigenvalue weighted by molar-refractivity contribution is 7.98. The van der Waals surface area contributed by atoms with Gasteiger partial charge >= 0.3 is 5.97 Å². The molecule has 4 nitrogen and oxygen atoms in total. The van der Waals surface area contributed by atoms with Crippen molar-refractivity contribution in [1.29, 1.82) is 0 Å². The predicted molar refractivity (Wildman–Crippen MR) is 101 cm³/mol. The molecule has 0 aliphatic carbocycles. The van der Waals surface area contributed by atoms with Crippen molar-refractivity contribution in [3.8, 4) is 0 Å². The van der Waals surface area contributed by atoms with Crippen molar-refractivity contribution in [2.45, 2.75) is 32.1 Å². The summed E-state index contributed by atoms with van der Waals surface area (Å²) in [5.41, 5.74) is 2.02. The number of anilines is 1.